The van der Waals surface area contributed by atoms with Crippen molar-refractivity contribution < 1.29 is 26.4 Å². The van der Waals surface area contributed by atoms with Crippen LogP contribution in [0.1, 0.15) is 19.3 Å². The van der Waals surface area contributed by atoms with Gasteiger partial charge in [-0.15, -0.1) is 4.40 Å². The van der Waals surface area contributed by atoms with Crippen LogP contribution in [0.25, 0.3) is 0 Å². The molecular weight excluding hydrogens is 420 g/mol. The second-order valence-electron chi connectivity index (χ2n) is 7.55. The van der Waals surface area contributed by atoms with E-state index in [-0.39, 0.29) is 39.8 Å². The molecule has 1 aliphatic carbocycles. The number of benzene rings is 1. The Hall–Kier alpha value is -2.47. The minimum atomic E-state index is -4.24. The zero-order valence-corrected chi connectivity index (χ0v) is 17.4. The number of likely N-dealkylation sites (tertiary alicyclic amines) is 1. The molecule has 3 unspecified atom stereocenters. The third-order valence-electron chi connectivity index (χ3n) is 5.54. The number of nitrogens with one attached hydrogen (secondary N) is 2. The zero-order valence-electron chi connectivity index (χ0n) is 15.7. The molecule has 2 N–H and O–H groups in total. The van der Waals surface area contributed by atoms with Crippen LogP contribution in [0.4, 0.5) is 11.4 Å². The van der Waals surface area contributed by atoms with Gasteiger partial charge in [-0.25, -0.2) is 8.42 Å². The lowest BCUT2D eigenvalue weighted by atomic mass is 9.82. The molecule has 3 atom stereocenters. The molecule has 4 rings (SSSR count). The quantitative estimate of drug-likeness (QED) is 0.648. The molecule has 1 amide bonds. The Labute approximate surface area is 168 Å². The highest BCUT2D eigenvalue weighted by Gasteiger charge is 2.51. The molecule has 1 aromatic carbocycles. The number of Topliss-reactive ketones (excluding diaryl/α,β-unsaturated/α-hetero) is 1. The lowest BCUT2D eigenvalue weighted by Gasteiger charge is -2.38. The highest BCUT2D eigenvalue weighted by Crippen LogP contribution is 2.39. The van der Waals surface area contributed by atoms with E-state index in [1.54, 1.807) is 7.05 Å². The van der Waals surface area contributed by atoms with Crippen LogP contribution in [0.2, 0.25) is 0 Å². The van der Waals surface area contributed by atoms with Gasteiger partial charge >= 0.3 is 0 Å². The maximum atomic E-state index is 13.0. The van der Waals surface area contributed by atoms with Crippen molar-refractivity contribution in [2.24, 2.45) is 16.2 Å². The summed E-state index contributed by atoms with van der Waals surface area (Å²) in [6.45, 7) is 0. The van der Waals surface area contributed by atoms with E-state index >= 15 is 0 Å². The summed E-state index contributed by atoms with van der Waals surface area (Å²) in [5.74, 6) is -2.61. The van der Waals surface area contributed by atoms with E-state index in [1.165, 1.54) is 17.0 Å². The normalized spacial score (nSPS) is 28.3. The van der Waals surface area contributed by atoms with Crippen molar-refractivity contribution >= 4 is 48.9 Å². The van der Waals surface area contributed by atoms with Crippen molar-refractivity contribution in [2.45, 2.75) is 30.2 Å². The Morgan fingerprint density at radius 2 is 1.97 bits per heavy atom. The first-order valence-electron chi connectivity index (χ1n) is 9.02. The minimum Gasteiger partial charge on any atom is -0.341 e. The largest absolute Gasteiger partial charge is 0.341 e. The Morgan fingerprint density at radius 1 is 1.24 bits per heavy atom. The van der Waals surface area contributed by atoms with E-state index in [4.69, 9.17) is 0 Å². The van der Waals surface area contributed by atoms with Crippen LogP contribution in [-0.4, -0.2) is 58.6 Å². The van der Waals surface area contributed by atoms with Crippen molar-refractivity contribution in [3.05, 3.63) is 18.2 Å². The molecule has 29 heavy (non-hydrogen) atoms. The van der Waals surface area contributed by atoms with E-state index < -0.39 is 31.9 Å². The molecule has 0 aromatic heterocycles. The summed E-state index contributed by atoms with van der Waals surface area (Å²) in [7, 11) is -6.21. The average Bonchev–Trinajstić information content (AvgIpc) is 3.09. The molecule has 3 aliphatic rings. The SMILES string of the molecule is CN1C(=O)C(C2=NS(=O)(=O)c3cc(NS(C)(=O)=O)ccc3N2)C(=O)C2CCCC21. The molecule has 1 aromatic rings. The van der Waals surface area contributed by atoms with Gasteiger partial charge in [0.25, 0.3) is 10.0 Å². The molecule has 12 heteroatoms. The fraction of sp³-hybridized carbons (Fsp3) is 0.471. The first-order valence-corrected chi connectivity index (χ1v) is 12.4. The lowest BCUT2D eigenvalue weighted by molar-refractivity contribution is -0.147. The molecule has 0 bridgehead atoms. The maximum Gasteiger partial charge on any atom is 0.286 e. The number of anilines is 2. The topological polar surface area (TPSA) is 142 Å². The molecule has 0 radical (unpaired) electrons. The Balaban J connectivity index is 1.72. The number of fused-ring (bicyclic) bond motifs is 2. The molecule has 156 valence electrons. The molecule has 10 nitrogen and oxygen atoms in total. The van der Waals surface area contributed by atoms with Crippen LogP contribution in [0.3, 0.4) is 0 Å². The predicted octanol–water partition coefficient (Wildman–Crippen LogP) is 0.397. The van der Waals surface area contributed by atoms with Crippen molar-refractivity contribution in [1.29, 1.82) is 0 Å². The lowest BCUT2D eigenvalue weighted by Crippen LogP contribution is -2.57. The summed E-state index contributed by atoms with van der Waals surface area (Å²) in [5, 5.41) is 2.80. The number of hydrogen-bond acceptors (Lipinski definition) is 7. The van der Waals surface area contributed by atoms with Gasteiger partial charge in [-0.3, -0.25) is 14.3 Å². The van der Waals surface area contributed by atoms with Gasteiger partial charge in [-0.05, 0) is 31.0 Å². The number of ketones is 1. The molecule has 2 heterocycles. The molecular formula is C17H20N4O6S2. The fourth-order valence-electron chi connectivity index (χ4n) is 4.27. The number of sulfonamides is 2. The van der Waals surface area contributed by atoms with Crippen molar-refractivity contribution in [1.82, 2.24) is 4.90 Å². The van der Waals surface area contributed by atoms with E-state index in [9.17, 15) is 26.4 Å². The summed E-state index contributed by atoms with van der Waals surface area (Å²) >= 11 is 0. The van der Waals surface area contributed by atoms with E-state index in [0.717, 1.165) is 25.2 Å². The van der Waals surface area contributed by atoms with E-state index in [2.05, 4.69) is 14.4 Å². The van der Waals surface area contributed by atoms with Gasteiger partial charge in [0.1, 0.15) is 10.7 Å². The Kier molecular flexibility index (Phi) is 4.46. The molecule has 2 fully saturated rings. The third kappa shape index (κ3) is 3.39. The number of carbonyl (C=O) groups is 2. The number of hydrogen-bond donors (Lipinski definition) is 2. The molecule has 1 saturated carbocycles. The van der Waals surface area contributed by atoms with Crippen LogP contribution in [0.15, 0.2) is 27.5 Å². The second kappa shape index (κ2) is 6.52. The van der Waals surface area contributed by atoms with Gasteiger partial charge in [-0.1, -0.05) is 6.42 Å². The average molecular weight is 441 g/mol. The van der Waals surface area contributed by atoms with Gasteiger partial charge in [0.15, 0.2) is 11.7 Å². The summed E-state index contributed by atoms with van der Waals surface area (Å²) in [5.41, 5.74) is 0.194. The van der Waals surface area contributed by atoms with E-state index in [1.807, 2.05) is 0 Å². The number of amides is 1. The highest BCUT2D eigenvalue weighted by molar-refractivity contribution is 7.92. The highest BCUT2D eigenvalue weighted by atomic mass is 32.2. The number of amidine groups is 1. The summed E-state index contributed by atoms with van der Waals surface area (Å²) in [4.78, 5) is 27.1. The summed E-state index contributed by atoms with van der Waals surface area (Å²) in [6, 6.07) is 3.75. The van der Waals surface area contributed by atoms with Crippen LogP contribution < -0.4 is 10.0 Å². The summed E-state index contributed by atoms with van der Waals surface area (Å²) < 4.78 is 54.2. The van der Waals surface area contributed by atoms with Crippen molar-refractivity contribution in [3.8, 4) is 0 Å². The van der Waals surface area contributed by atoms with Crippen molar-refractivity contribution in [2.75, 3.05) is 23.3 Å². The number of carbonyl (C=O) groups excluding carboxylic acids is 2. The van der Waals surface area contributed by atoms with Crippen LogP contribution in [0, 0.1) is 11.8 Å². The van der Waals surface area contributed by atoms with Crippen molar-refractivity contribution in [3.63, 3.8) is 0 Å². The molecule has 0 spiro atoms. The Bertz CT molecular complexity index is 1160. The van der Waals surface area contributed by atoms with Gasteiger partial charge in [0, 0.05) is 24.7 Å². The molecule has 2 aliphatic heterocycles. The number of nitrogens with zero attached hydrogens (tertiary/aromatic N) is 2. The van der Waals surface area contributed by atoms with Gasteiger partial charge in [0.05, 0.1) is 11.9 Å². The van der Waals surface area contributed by atoms with Gasteiger partial charge < -0.3 is 10.2 Å². The standard InChI is InChI=1S/C17H20N4O6S2/c1-21-12-5-3-4-10(12)15(22)14(17(21)23)16-18-11-7-6-9(19-28(2,24)25)8-13(11)29(26,27)20-16/h6-8,10,12,14,19H,3-5H2,1-2H3,(H,18,20). The summed E-state index contributed by atoms with van der Waals surface area (Å²) in [6.07, 6.45) is 3.20. The predicted molar refractivity (Wildman–Crippen MR) is 106 cm³/mol. The number of piperidine rings is 1. The number of rotatable bonds is 3. The minimum absolute atomic E-state index is 0.0635. The van der Waals surface area contributed by atoms with Crippen LogP contribution in [-0.2, 0) is 29.6 Å². The third-order valence-corrected chi connectivity index (χ3v) is 7.48. The first kappa shape index (κ1) is 19.8. The molecule has 1 saturated heterocycles. The first-order chi connectivity index (χ1) is 13.5. The monoisotopic (exact) mass is 440 g/mol. The maximum absolute atomic E-state index is 13.0. The van der Waals surface area contributed by atoms with Crippen LogP contribution >= 0.6 is 0 Å². The Morgan fingerprint density at radius 3 is 2.66 bits per heavy atom. The van der Waals surface area contributed by atoms with E-state index in [0.29, 0.717) is 6.42 Å². The van der Waals surface area contributed by atoms with Gasteiger partial charge in [0.2, 0.25) is 15.9 Å². The van der Waals surface area contributed by atoms with Gasteiger partial charge in [-0.2, -0.15) is 8.42 Å². The zero-order chi connectivity index (χ0) is 21.1. The second-order valence-corrected chi connectivity index (χ2v) is 10.9. The van der Waals surface area contributed by atoms with Crippen LogP contribution in [0.5, 0.6) is 0 Å². The fourth-order valence-corrected chi connectivity index (χ4v) is 6.01. The smallest absolute Gasteiger partial charge is 0.286 e.